The van der Waals surface area contributed by atoms with E-state index in [0.29, 0.717) is 19.4 Å². The van der Waals surface area contributed by atoms with E-state index in [0.717, 1.165) is 38.2 Å². The monoisotopic (exact) mass is 374 g/mol. The molecule has 0 bridgehead atoms. The zero-order valence-electron chi connectivity index (χ0n) is 16.0. The van der Waals surface area contributed by atoms with Crippen LogP contribution in [0.25, 0.3) is 0 Å². The minimum Gasteiger partial charge on any atom is -0.373 e. The fourth-order valence-corrected chi connectivity index (χ4v) is 4.54. The summed E-state index contributed by atoms with van der Waals surface area (Å²) < 4.78 is 12.2. The van der Waals surface area contributed by atoms with Crippen LogP contribution in [0.15, 0.2) is 18.7 Å². The number of carbonyl (C=O) groups excluding carboxylic acids is 1. The van der Waals surface area contributed by atoms with Crippen LogP contribution in [0.4, 0.5) is 0 Å². The second-order valence-electron chi connectivity index (χ2n) is 7.80. The highest BCUT2D eigenvalue weighted by Gasteiger charge is 2.46. The number of hydrogen-bond acceptors (Lipinski definition) is 6. The third-order valence-corrected chi connectivity index (χ3v) is 5.98. The average molecular weight is 374 g/mol. The molecule has 0 N–H and O–H groups in total. The Hall–Kier alpha value is -1.57. The number of nitrogens with zero attached hydrogens (tertiary/aromatic N) is 4. The van der Waals surface area contributed by atoms with Gasteiger partial charge in [0.05, 0.1) is 12.6 Å². The van der Waals surface area contributed by atoms with Crippen molar-refractivity contribution in [2.24, 2.45) is 0 Å². The number of rotatable bonds is 7. The number of aromatic nitrogens is 2. The van der Waals surface area contributed by atoms with Crippen LogP contribution in [-0.2, 0) is 20.7 Å². The van der Waals surface area contributed by atoms with Gasteiger partial charge in [0.15, 0.2) is 0 Å². The minimum absolute atomic E-state index is 0.00177. The van der Waals surface area contributed by atoms with Gasteiger partial charge in [0, 0.05) is 38.5 Å². The molecular weight excluding hydrogens is 344 g/mol. The predicted molar refractivity (Wildman–Crippen MR) is 100 cm³/mol. The summed E-state index contributed by atoms with van der Waals surface area (Å²) >= 11 is 0. The quantitative estimate of drug-likeness (QED) is 0.716. The molecule has 1 amide bonds. The molecular formula is C20H30N4O3. The Balaban J connectivity index is 1.30. The molecule has 3 saturated heterocycles. The van der Waals surface area contributed by atoms with Crippen LogP contribution >= 0.6 is 0 Å². The fraction of sp³-hybridized carbons (Fsp3) is 0.750. The van der Waals surface area contributed by atoms with Crippen LogP contribution in [-0.4, -0.2) is 83.3 Å². The highest BCUT2D eigenvalue weighted by atomic mass is 16.5. The Labute approximate surface area is 161 Å². The maximum absolute atomic E-state index is 12.9. The number of likely N-dealkylation sites (tertiary alicyclic amines) is 2. The summed E-state index contributed by atoms with van der Waals surface area (Å²) in [4.78, 5) is 25.4. The first kappa shape index (κ1) is 18.8. The Morgan fingerprint density at radius 3 is 2.85 bits per heavy atom. The summed E-state index contributed by atoms with van der Waals surface area (Å²) in [6.45, 7) is 5.50. The Morgan fingerprint density at radius 2 is 2.04 bits per heavy atom. The highest BCUT2D eigenvalue weighted by molar-refractivity contribution is 5.77. The number of carbonyl (C=O) groups is 1. The van der Waals surface area contributed by atoms with Gasteiger partial charge in [0.25, 0.3) is 0 Å². The Morgan fingerprint density at radius 1 is 1.22 bits per heavy atom. The van der Waals surface area contributed by atoms with E-state index in [4.69, 9.17) is 9.47 Å². The average Bonchev–Trinajstić information content (AvgIpc) is 3.35. The smallest absolute Gasteiger partial charge is 0.223 e. The molecule has 0 spiro atoms. The molecule has 0 unspecified atom stereocenters. The number of ether oxygens (including phenoxy) is 2. The summed E-state index contributed by atoms with van der Waals surface area (Å²) in [6.07, 6.45) is 10.9. The van der Waals surface area contributed by atoms with Gasteiger partial charge < -0.3 is 19.3 Å². The molecule has 0 aromatic carbocycles. The van der Waals surface area contributed by atoms with Crippen LogP contribution in [0.2, 0.25) is 0 Å². The fourth-order valence-electron chi connectivity index (χ4n) is 4.54. The topological polar surface area (TPSA) is 67.8 Å². The molecule has 0 saturated carbocycles. The van der Waals surface area contributed by atoms with Gasteiger partial charge in [-0.05, 0) is 50.8 Å². The zero-order chi connectivity index (χ0) is 18.5. The number of hydrogen-bond donors (Lipinski definition) is 0. The first-order valence-corrected chi connectivity index (χ1v) is 10.3. The zero-order valence-corrected chi connectivity index (χ0v) is 16.0. The summed E-state index contributed by atoms with van der Waals surface area (Å²) in [7, 11) is 0. The molecule has 3 fully saturated rings. The van der Waals surface area contributed by atoms with E-state index in [2.05, 4.69) is 14.9 Å². The Bertz CT molecular complexity index is 609. The van der Waals surface area contributed by atoms with E-state index in [-0.39, 0.29) is 24.2 Å². The summed E-state index contributed by atoms with van der Waals surface area (Å²) in [5, 5.41) is 0. The standard InChI is InChI=1S/C20H30N4O3/c25-19(6-5-16-12-21-15-22-13-16)24-14-18(20-17(24)4-3-10-27-20)26-11-9-23-7-1-2-8-23/h12-13,15,17-18,20H,1-11,14H2/t17-,18+,20+/m1/s1. The summed E-state index contributed by atoms with van der Waals surface area (Å²) in [5.74, 6) is 0.185. The highest BCUT2D eigenvalue weighted by Crippen LogP contribution is 2.31. The molecule has 1 aromatic rings. The lowest BCUT2D eigenvalue weighted by Gasteiger charge is -2.32. The molecule has 148 valence electrons. The third kappa shape index (κ3) is 4.65. The molecule has 4 heterocycles. The van der Waals surface area contributed by atoms with Gasteiger partial charge >= 0.3 is 0 Å². The molecule has 3 aliphatic rings. The summed E-state index contributed by atoms with van der Waals surface area (Å²) in [5.41, 5.74) is 1.000. The van der Waals surface area contributed by atoms with Gasteiger partial charge in [0.2, 0.25) is 5.91 Å². The van der Waals surface area contributed by atoms with Crippen LogP contribution in [0, 0.1) is 0 Å². The van der Waals surface area contributed by atoms with Gasteiger partial charge in [-0.15, -0.1) is 0 Å². The van der Waals surface area contributed by atoms with Crippen molar-refractivity contribution < 1.29 is 14.3 Å². The molecule has 0 radical (unpaired) electrons. The van der Waals surface area contributed by atoms with Crippen molar-refractivity contribution in [1.82, 2.24) is 19.8 Å². The van der Waals surface area contributed by atoms with Crippen LogP contribution < -0.4 is 0 Å². The molecule has 1 aromatic heterocycles. The maximum atomic E-state index is 12.9. The van der Waals surface area contributed by atoms with E-state index < -0.39 is 0 Å². The number of amides is 1. The first-order valence-electron chi connectivity index (χ1n) is 10.3. The van der Waals surface area contributed by atoms with Gasteiger partial charge in [0.1, 0.15) is 18.5 Å². The van der Waals surface area contributed by atoms with Crippen LogP contribution in [0.3, 0.4) is 0 Å². The number of aryl methyl sites for hydroxylation is 1. The molecule has 3 atom stereocenters. The van der Waals surface area contributed by atoms with Crippen molar-refractivity contribution in [3.8, 4) is 0 Å². The molecule has 3 aliphatic heterocycles. The largest absolute Gasteiger partial charge is 0.373 e. The van der Waals surface area contributed by atoms with Gasteiger partial charge in [-0.3, -0.25) is 4.79 Å². The van der Waals surface area contributed by atoms with E-state index >= 15 is 0 Å². The van der Waals surface area contributed by atoms with Gasteiger partial charge in [-0.1, -0.05) is 0 Å². The molecule has 7 nitrogen and oxygen atoms in total. The third-order valence-electron chi connectivity index (χ3n) is 5.98. The van der Waals surface area contributed by atoms with Crippen LogP contribution in [0.1, 0.15) is 37.7 Å². The predicted octanol–water partition coefficient (Wildman–Crippen LogP) is 1.28. The lowest BCUT2D eigenvalue weighted by atomic mass is 10.0. The normalized spacial score (nSPS) is 28.4. The number of fused-ring (bicyclic) bond motifs is 1. The van der Waals surface area contributed by atoms with Gasteiger partial charge in [-0.2, -0.15) is 0 Å². The summed E-state index contributed by atoms with van der Waals surface area (Å²) in [6, 6.07) is 0.162. The lowest BCUT2D eigenvalue weighted by molar-refractivity contribution is -0.134. The molecule has 0 aliphatic carbocycles. The van der Waals surface area contributed by atoms with Crippen molar-refractivity contribution in [2.75, 3.05) is 39.4 Å². The second-order valence-corrected chi connectivity index (χ2v) is 7.80. The SMILES string of the molecule is O=C(CCc1cncnc1)N1C[C@H](OCCN2CCCC2)[C@H]2OCCC[C@H]21. The van der Waals surface area contributed by atoms with E-state index in [1.54, 1.807) is 12.4 Å². The molecule has 4 rings (SSSR count). The van der Waals surface area contributed by atoms with Crippen molar-refractivity contribution in [1.29, 1.82) is 0 Å². The first-order chi connectivity index (χ1) is 13.3. The van der Waals surface area contributed by atoms with Crippen molar-refractivity contribution in [3.63, 3.8) is 0 Å². The second kappa shape index (κ2) is 9.08. The van der Waals surface area contributed by atoms with Crippen molar-refractivity contribution >= 4 is 5.91 Å². The van der Waals surface area contributed by atoms with E-state index in [1.807, 2.05) is 4.90 Å². The van der Waals surface area contributed by atoms with Gasteiger partial charge in [-0.25, -0.2) is 9.97 Å². The molecule has 27 heavy (non-hydrogen) atoms. The van der Waals surface area contributed by atoms with Crippen molar-refractivity contribution in [2.45, 2.75) is 56.8 Å². The van der Waals surface area contributed by atoms with Crippen LogP contribution in [0.5, 0.6) is 0 Å². The van der Waals surface area contributed by atoms with E-state index in [1.165, 1.54) is 32.3 Å². The maximum Gasteiger partial charge on any atom is 0.223 e. The van der Waals surface area contributed by atoms with E-state index in [9.17, 15) is 4.79 Å². The Kier molecular flexibility index (Phi) is 6.32. The minimum atomic E-state index is 0.00177. The lowest BCUT2D eigenvalue weighted by Crippen LogP contribution is -2.44. The van der Waals surface area contributed by atoms with Crippen molar-refractivity contribution in [3.05, 3.63) is 24.3 Å². The molecule has 7 heteroatoms.